The smallest absolute Gasteiger partial charge is 0.0113 e. The van der Waals surface area contributed by atoms with Crippen molar-refractivity contribution in [2.45, 2.75) is 63.6 Å². The number of rotatable bonds is 4. The zero-order valence-corrected chi connectivity index (χ0v) is 12.5. The molecule has 18 heavy (non-hydrogen) atoms. The van der Waals surface area contributed by atoms with Crippen LogP contribution in [0.2, 0.25) is 0 Å². The molecular weight excluding hydrogens is 222 g/mol. The molecule has 2 atom stereocenters. The Kier molecular flexibility index (Phi) is 5.46. The van der Waals surface area contributed by atoms with E-state index in [1.165, 1.54) is 51.6 Å². The summed E-state index contributed by atoms with van der Waals surface area (Å²) in [4.78, 5) is 5.17. The normalized spacial score (nSPS) is 32.0. The second-order valence-corrected chi connectivity index (χ2v) is 6.31. The largest absolute Gasteiger partial charge is 0.314 e. The van der Waals surface area contributed by atoms with Crippen molar-refractivity contribution in [1.82, 2.24) is 15.1 Å². The highest BCUT2D eigenvalue weighted by Gasteiger charge is 2.29. The molecule has 2 rings (SSSR count). The maximum Gasteiger partial charge on any atom is 0.0113 e. The predicted octanol–water partition coefficient (Wildman–Crippen LogP) is 1.93. The van der Waals surface area contributed by atoms with Crippen molar-refractivity contribution in [3.63, 3.8) is 0 Å². The molecule has 1 heterocycles. The topological polar surface area (TPSA) is 18.5 Å². The maximum atomic E-state index is 3.65. The monoisotopic (exact) mass is 253 g/mol. The van der Waals surface area contributed by atoms with Gasteiger partial charge >= 0.3 is 0 Å². The minimum atomic E-state index is 0.778. The molecule has 106 valence electrons. The predicted molar refractivity (Wildman–Crippen MR) is 78.0 cm³/mol. The van der Waals surface area contributed by atoms with Crippen LogP contribution in [-0.2, 0) is 0 Å². The van der Waals surface area contributed by atoms with Crippen LogP contribution < -0.4 is 5.32 Å². The van der Waals surface area contributed by atoms with Crippen LogP contribution in [-0.4, -0.2) is 61.7 Å². The molecule has 1 aliphatic heterocycles. The first-order chi connectivity index (χ1) is 8.70. The molecule has 0 aromatic heterocycles. The van der Waals surface area contributed by atoms with Crippen molar-refractivity contribution in [1.29, 1.82) is 0 Å². The van der Waals surface area contributed by atoms with Gasteiger partial charge in [-0.1, -0.05) is 13.3 Å². The molecule has 3 nitrogen and oxygen atoms in total. The molecule has 1 N–H and O–H groups in total. The molecule has 3 heteroatoms. The van der Waals surface area contributed by atoms with Crippen molar-refractivity contribution in [3.8, 4) is 0 Å². The van der Waals surface area contributed by atoms with E-state index in [1.807, 2.05) is 0 Å². The molecule has 1 saturated heterocycles. The fraction of sp³-hybridized carbons (Fsp3) is 1.00. The molecule has 1 saturated carbocycles. The third-order valence-electron chi connectivity index (χ3n) is 4.89. The number of hydrogen-bond acceptors (Lipinski definition) is 3. The average molecular weight is 253 g/mol. The van der Waals surface area contributed by atoms with Gasteiger partial charge in [-0.2, -0.15) is 0 Å². The Morgan fingerprint density at radius 3 is 2.44 bits per heavy atom. The third kappa shape index (κ3) is 3.69. The van der Waals surface area contributed by atoms with Gasteiger partial charge in [0.1, 0.15) is 0 Å². The second-order valence-electron chi connectivity index (χ2n) is 6.31. The number of piperidine rings is 1. The summed E-state index contributed by atoms with van der Waals surface area (Å²) >= 11 is 0. The summed E-state index contributed by atoms with van der Waals surface area (Å²) in [7, 11) is 4.45. The summed E-state index contributed by atoms with van der Waals surface area (Å²) in [5.41, 5.74) is 0. The van der Waals surface area contributed by atoms with Crippen molar-refractivity contribution < 1.29 is 0 Å². The van der Waals surface area contributed by atoms with Crippen LogP contribution in [0.5, 0.6) is 0 Å². The van der Waals surface area contributed by atoms with Gasteiger partial charge in [-0.05, 0) is 65.8 Å². The van der Waals surface area contributed by atoms with Crippen LogP contribution in [0.25, 0.3) is 0 Å². The highest BCUT2D eigenvalue weighted by atomic mass is 15.2. The Bertz CT molecular complexity index is 232. The van der Waals surface area contributed by atoms with E-state index in [1.54, 1.807) is 0 Å². The molecule has 0 unspecified atom stereocenters. The van der Waals surface area contributed by atoms with Crippen LogP contribution in [0.15, 0.2) is 0 Å². The lowest BCUT2D eigenvalue weighted by molar-refractivity contribution is 0.0820. The Hall–Kier alpha value is -0.120. The fourth-order valence-corrected chi connectivity index (χ4v) is 3.74. The van der Waals surface area contributed by atoms with E-state index in [2.05, 4.69) is 36.1 Å². The molecule has 1 aliphatic carbocycles. The van der Waals surface area contributed by atoms with Gasteiger partial charge in [0.15, 0.2) is 0 Å². The zero-order chi connectivity index (χ0) is 13.0. The summed E-state index contributed by atoms with van der Waals surface area (Å²) < 4.78 is 0. The van der Waals surface area contributed by atoms with E-state index < -0.39 is 0 Å². The van der Waals surface area contributed by atoms with Gasteiger partial charge in [-0.3, -0.25) is 0 Å². The van der Waals surface area contributed by atoms with Gasteiger partial charge in [-0.15, -0.1) is 0 Å². The highest BCUT2D eigenvalue weighted by Crippen LogP contribution is 2.26. The molecular formula is C15H31N3. The first-order valence-corrected chi connectivity index (χ1v) is 7.84. The number of hydrogen-bond donors (Lipinski definition) is 1. The minimum Gasteiger partial charge on any atom is -0.314 e. The van der Waals surface area contributed by atoms with Crippen molar-refractivity contribution in [3.05, 3.63) is 0 Å². The Morgan fingerprint density at radius 1 is 1.11 bits per heavy atom. The molecule has 0 aromatic carbocycles. The lowest BCUT2D eigenvalue weighted by Crippen LogP contribution is -2.49. The number of likely N-dealkylation sites (tertiary alicyclic amines) is 1. The van der Waals surface area contributed by atoms with Gasteiger partial charge < -0.3 is 15.1 Å². The van der Waals surface area contributed by atoms with Crippen LogP contribution in [0.4, 0.5) is 0 Å². The molecule has 0 radical (unpaired) electrons. The molecule has 0 amide bonds. The fourth-order valence-electron chi connectivity index (χ4n) is 3.74. The van der Waals surface area contributed by atoms with Gasteiger partial charge in [0.05, 0.1) is 0 Å². The standard InChI is InChI=1S/C15H31N3/c1-4-16-13-6-5-7-15(12-13)18-10-8-14(9-11-18)17(2)3/h13-16H,4-12H2,1-3H3/t13-,15+/m1/s1. The second kappa shape index (κ2) is 6.88. The Morgan fingerprint density at radius 2 is 1.83 bits per heavy atom. The van der Waals surface area contributed by atoms with E-state index in [-0.39, 0.29) is 0 Å². The van der Waals surface area contributed by atoms with Crippen LogP contribution in [0.1, 0.15) is 45.4 Å². The molecule has 2 fully saturated rings. The Balaban J connectivity index is 1.78. The zero-order valence-electron chi connectivity index (χ0n) is 12.5. The van der Waals surface area contributed by atoms with Gasteiger partial charge in [0.2, 0.25) is 0 Å². The summed E-state index contributed by atoms with van der Waals surface area (Å²) in [5, 5.41) is 3.65. The van der Waals surface area contributed by atoms with E-state index >= 15 is 0 Å². The first-order valence-electron chi connectivity index (χ1n) is 7.84. The summed E-state index contributed by atoms with van der Waals surface area (Å²) in [6.45, 7) is 5.98. The summed E-state index contributed by atoms with van der Waals surface area (Å²) in [5.74, 6) is 0. The molecule has 0 aromatic rings. The van der Waals surface area contributed by atoms with Crippen molar-refractivity contribution >= 4 is 0 Å². The summed E-state index contributed by atoms with van der Waals surface area (Å²) in [6, 6.07) is 2.45. The third-order valence-corrected chi connectivity index (χ3v) is 4.89. The molecule has 0 bridgehead atoms. The Labute approximate surface area is 113 Å². The molecule has 2 aliphatic rings. The van der Waals surface area contributed by atoms with Gasteiger partial charge in [0, 0.05) is 18.1 Å². The lowest BCUT2D eigenvalue weighted by atomic mass is 9.88. The van der Waals surface area contributed by atoms with E-state index in [9.17, 15) is 0 Å². The van der Waals surface area contributed by atoms with Crippen LogP contribution in [0.3, 0.4) is 0 Å². The van der Waals surface area contributed by atoms with E-state index in [0.717, 1.165) is 24.7 Å². The number of nitrogens with one attached hydrogen (secondary N) is 1. The minimum absolute atomic E-state index is 0.778. The number of nitrogens with zero attached hydrogens (tertiary/aromatic N) is 2. The van der Waals surface area contributed by atoms with Crippen molar-refractivity contribution in [2.24, 2.45) is 0 Å². The SMILES string of the molecule is CCN[C@@H]1CCC[C@H](N2CCC(N(C)C)CC2)C1. The van der Waals surface area contributed by atoms with Gasteiger partial charge in [0.25, 0.3) is 0 Å². The quantitative estimate of drug-likeness (QED) is 0.826. The van der Waals surface area contributed by atoms with Gasteiger partial charge in [-0.25, -0.2) is 0 Å². The highest BCUT2D eigenvalue weighted by molar-refractivity contribution is 4.87. The van der Waals surface area contributed by atoms with Crippen molar-refractivity contribution in [2.75, 3.05) is 33.7 Å². The lowest BCUT2D eigenvalue weighted by Gasteiger charge is -2.42. The maximum absolute atomic E-state index is 3.65. The summed E-state index contributed by atoms with van der Waals surface area (Å²) in [6.07, 6.45) is 8.31. The van der Waals surface area contributed by atoms with Crippen LogP contribution in [0, 0.1) is 0 Å². The van der Waals surface area contributed by atoms with E-state index in [0.29, 0.717) is 0 Å². The van der Waals surface area contributed by atoms with Crippen LogP contribution >= 0.6 is 0 Å². The van der Waals surface area contributed by atoms with E-state index in [4.69, 9.17) is 0 Å². The average Bonchev–Trinajstić information content (AvgIpc) is 2.39. The first kappa shape index (κ1) is 14.3. The molecule has 0 spiro atoms.